The molecule has 2 saturated heterocycles. The second-order valence-electron chi connectivity index (χ2n) is 6.43. The number of β-amino-alcohol motifs (C(OH)–C–C–N with tert-alkyl or cyclic N) is 1. The second-order valence-corrected chi connectivity index (χ2v) is 6.43. The zero-order valence-corrected chi connectivity index (χ0v) is 14.2. The number of hydrogen-bond donors (Lipinski definition) is 1. The first-order valence-electron chi connectivity index (χ1n) is 8.58. The number of aryl methyl sites for hydroxylation is 1. The fraction of sp³-hybridized carbons (Fsp3) is 0.611. The molecule has 1 N–H and O–H groups in total. The smallest absolute Gasteiger partial charge is 0.223 e. The summed E-state index contributed by atoms with van der Waals surface area (Å²) in [6.07, 6.45) is 0.671. The van der Waals surface area contributed by atoms with Gasteiger partial charge < -0.3 is 19.5 Å². The van der Waals surface area contributed by atoms with E-state index in [4.69, 9.17) is 9.47 Å². The Bertz CT molecular complexity index is 560. The Morgan fingerprint density at radius 3 is 2.88 bits per heavy atom. The number of rotatable bonds is 5. The normalized spacial score (nSPS) is 25.0. The molecule has 0 spiro atoms. The van der Waals surface area contributed by atoms with Crippen LogP contribution in [0.1, 0.15) is 12.0 Å². The molecule has 0 aliphatic carbocycles. The molecule has 6 nitrogen and oxygen atoms in total. The molecular formula is C18H26N2O4. The Morgan fingerprint density at radius 1 is 1.33 bits per heavy atom. The molecule has 0 aromatic heterocycles. The topological polar surface area (TPSA) is 62.2 Å². The molecule has 1 aromatic carbocycles. The van der Waals surface area contributed by atoms with Gasteiger partial charge in [-0.3, -0.25) is 9.69 Å². The number of nitrogens with zero attached hydrogens (tertiary/aromatic N) is 2. The Kier molecular flexibility index (Phi) is 5.71. The molecule has 2 aliphatic heterocycles. The number of benzene rings is 1. The maximum atomic E-state index is 12.5. The first-order valence-corrected chi connectivity index (χ1v) is 8.58. The monoisotopic (exact) mass is 334 g/mol. The average molecular weight is 334 g/mol. The third-order valence-electron chi connectivity index (χ3n) is 4.89. The van der Waals surface area contributed by atoms with Crippen LogP contribution in [0.3, 0.4) is 0 Å². The molecule has 132 valence electrons. The summed E-state index contributed by atoms with van der Waals surface area (Å²) in [6.45, 7) is 4.10. The standard InChI is InChI=1S/C18H26N2O4/c1-23-15-4-2-3-14(11-15)5-6-18(22)20-12-16(17(21)13-20)19-7-9-24-10-8-19/h2-4,11,16-17,21H,5-10,12-13H2,1H3/t16-,17-/m0/s1. The second kappa shape index (κ2) is 7.96. The Balaban J connectivity index is 1.51. The van der Waals surface area contributed by atoms with Gasteiger partial charge in [0, 0.05) is 32.6 Å². The van der Waals surface area contributed by atoms with Gasteiger partial charge >= 0.3 is 0 Å². The van der Waals surface area contributed by atoms with Crippen LogP contribution in [0.2, 0.25) is 0 Å². The number of aliphatic hydroxyl groups is 1. The van der Waals surface area contributed by atoms with E-state index in [2.05, 4.69) is 4.90 Å². The lowest BCUT2D eigenvalue weighted by molar-refractivity contribution is -0.130. The molecule has 2 fully saturated rings. The van der Waals surface area contributed by atoms with Crippen molar-refractivity contribution in [2.24, 2.45) is 0 Å². The molecule has 0 bridgehead atoms. The zero-order chi connectivity index (χ0) is 16.9. The number of amides is 1. The van der Waals surface area contributed by atoms with Crippen LogP contribution in [0.4, 0.5) is 0 Å². The van der Waals surface area contributed by atoms with Gasteiger partial charge in [0.1, 0.15) is 5.75 Å². The van der Waals surface area contributed by atoms with Crippen molar-refractivity contribution in [1.82, 2.24) is 9.80 Å². The molecule has 1 amide bonds. The molecule has 0 unspecified atom stereocenters. The summed E-state index contributed by atoms with van der Waals surface area (Å²) >= 11 is 0. The predicted molar refractivity (Wildman–Crippen MR) is 90.1 cm³/mol. The number of aliphatic hydroxyl groups excluding tert-OH is 1. The molecule has 2 atom stereocenters. The van der Waals surface area contributed by atoms with Gasteiger partial charge in [-0.1, -0.05) is 12.1 Å². The number of carbonyl (C=O) groups is 1. The van der Waals surface area contributed by atoms with Crippen molar-refractivity contribution in [2.45, 2.75) is 25.0 Å². The van der Waals surface area contributed by atoms with Crippen molar-refractivity contribution >= 4 is 5.91 Å². The largest absolute Gasteiger partial charge is 0.497 e. The van der Waals surface area contributed by atoms with Crippen LogP contribution in [-0.4, -0.2) is 79.5 Å². The fourth-order valence-electron chi connectivity index (χ4n) is 3.48. The minimum atomic E-state index is -0.469. The van der Waals surface area contributed by atoms with Gasteiger partial charge in [-0.2, -0.15) is 0 Å². The highest BCUT2D eigenvalue weighted by atomic mass is 16.5. The SMILES string of the molecule is COc1cccc(CCC(=O)N2C[C@H](O)[C@@H](N3CCOCC3)C2)c1. The predicted octanol–water partition coefficient (Wildman–Crippen LogP) is 0.532. The number of methoxy groups -OCH3 is 1. The van der Waals surface area contributed by atoms with E-state index in [-0.39, 0.29) is 11.9 Å². The summed E-state index contributed by atoms with van der Waals surface area (Å²) in [5, 5.41) is 10.3. The van der Waals surface area contributed by atoms with Gasteiger partial charge in [0.15, 0.2) is 0 Å². The quantitative estimate of drug-likeness (QED) is 0.851. The van der Waals surface area contributed by atoms with Crippen molar-refractivity contribution in [3.05, 3.63) is 29.8 Å². The van der Waals surface area contributed by atoms with Crippen molar-refractivity contribution in [3.63, 3.8) is 0 Å². The first kappa shape index (κ1) is 17.2. The van der Waals surface area contributed by atoms with Crippen molar-refractivity contribution in [2.75, 3.05) is 46.5 Å². The lowest BCUT2D eigenvalue weighted by atomic mass is 10.1. The van der Waals surface area contributed by atoms with Crippen LogP contribution in [0.25, 0.3) is 0 Å². The Hall–Kier alpha value is -1.63. The minimum Gasteiger partial charge on any atom is -0.497 e. The molecular weight excluding hydrogens is 308 g/mol. The molecule has 2 heterocycles. The first-order chi connectivity index (χ1) is 11.7. The van der Waals surface area contributed by atoms with Crippen LogP contribution in [0, 0.1) is 0 Å². The molecule has 24 heavy (non-hydrogen) atoms. The summed E-state index contributed by atoms with van der Waals surface area (Å²) < 4.78 is 10.6. The lowest BCUT2D eigenvalue weighted by Gasteiger charge is -2.33. The summed E-state index contributed by atoms with van der Waals surface area (Å²) in [6, 6.07) is 7.84. The number of hydrogen-bond acceptors (Lipinski definition) is 5. The van der Waals surface area contributed by atoms with Crippen molar-refractivity contribution < 1.29 is 19.4 Å². The maximum absolute atomic E-state index is 12.5. The van der Waals surface area contributed by atoms with Crippen molar-refractivity contribution in [3.8, 4) is 5.75 Å². The van der Waals surface area contributed by atoms with Crippen LogP contribution < -0.4 is 4.74 Å². The van der Waals surface area contributed by atoms with Gasteiger partial charge in [-0.05, 0) is 24.1 Å². The van der Waals surface area contributed by atoms with Gasteiger partial charge in [-0.25, -0.2) is 0 Å². The van der Waals surface area contributed by atoms with E-state index in [1.54, 1.807) is 12.0 Å². The van der Waals surface area contributed by atoms with Gasteiger partial charge in [0.25, 0.3) is 0 Å². The van der Waals surface area contributed by atoms with Gasteiger partial charge in [0.05, 0.1) is 32.5 Å². The zero-order valence-electron chi connectivity index (χ0n) is 14.2. The summed E-state index contributed by atoms with van der Waals surface area (Å²) in [5.41, 5.74) is 1.09. The lowest BCUT2D eigenvalue weighted by Crippen LogP contribution is -2.49. The Labute approximate surface area is 143 Å². The van der Waals surface area contributed by atoms with E-state index >= 15 is 0 Å². The molecule has 1 aromatic rings. The van der Waals surface area contributed by atoms with Crippen molar-refractivity contribution in [1.29, 1.82) is 0 Å². The molecule has 3 rings (SSSR count). The number of carbonyl (C=O) groups excluding carboxylic acids is 1. The Morgan fingerprint density at radius 2 is 2.12 bits per heavy atom. The highest BCUT2D eigenvalue weighted by molar-refractivity contribution is 5.77. The molecule has 2 aliphatic rings. The number of morpholine rings is 1. The van der Waals surface area contributed by atoms with E-state index in [0.29, 0.717) is 39.1 Å². The summed E-state index contributed by atoms with van der Waals surface area (Å²) in [7, 11) is 1.64. The van der Waals surface area contributed by atoms with E-state index in [9.17, 15) is 9.90 Å². The fourth-order valence-corrected chi connectivity index (χ4v) is 3.48. The van der Waals surface area contributed by atoms with Crippen LogP contribution in [0.15, 0.2) is 24.3 Å². The third kappa shape index (κ3) is 4.06. The van der Waals surface area contributed by atoms with Crippen LogP contribution in [-0.2, 0) is 16.0 Å². The minimum absolute atomic E-state index is 0.0367. The number of likely N-dealkylation sites (tertiary alicyclic amines) is 1. The third-order valence-corrected chi connectivity index (χ3v) is 4.89. The van der Waals surface area contributed by atoms with E-state index in [1.807, 2.05) is 24.3 Å². The number of ether oxygens (including phenoxy) is 2. The van der Waals surface area contributed by atoms with E-state index in [1.165, 1.54) is 0 Å². The van der Waals surface area contributed by atoms with Crippen LogP contribution >= 0.6 is 0 Å². The average Bonchev–Trinajstić information content (AvgIpc) is 3.02. The van der Waals surface area contributed by atoms with Gasteiger partial charge in [-0.15, -0.1) is 0 Å². The van der Waals surface area contributed by atoms with Crippen LogP contribution in [0.5, 0.6) is 5.75 Å². The highest BCUT2D eigenvalue weighted by Gasteiger charge is 2.37. The summed E-state index contributed by atoms with van der Waals surface area (Å²) in [5.74, 6) is 0.913. The summed E-state index contributed by atoms with van der Waals surface area (Å²) in [4.78, 5) is 16.5. The van der Waals surface area contributed by atoms with E-state index < -0.39 is 6.10 Å². The molecule has 6 heteroatoms. The van der Waals surface area contributed by atoms with E-state index in [0.717, 1.165) is 24.4 Å². The molecule has 0 radical (unpaired) electrons. The van der Waals surface area contributed by atoms with Gasteiger partial charge in [0.2, 0.25) is 5.91 Å². The maximum Gasteiger partial charge on any atom is 0.223 e. The molecule has 0 saturated carbocycles. The highest BCUT2D eigenvalue weighted by Crippen LogP contribution is 2.20.